The van der Waals surface area contributed by atoms with Crippen molar-refractivity contribution < 1.29 is 9.15 Å². The van der Waals surface area contributed by atoms with Gasteiger partial charge < -0.3 is 14.1 Å². The molecule has 7 nitrogen and oxygen atoms in total. The molecule has 142 valence electrons. The Kier molecular flexibility index (Phi) is 4.38. The normalized spacial score (nSPS) is 23.2. The fourth-order valence-electron chi connectivity index (χ4n) is 3.67. The minimum Gasteiger partial charge on any atom is -0.458 e. The average molecular weight is 375 g/mol. The molecule has 2 atom stereocenters. The van der Waals surface area contributed by atoms with Crippen molar-refractivity contribution in [2.75, 3.05) is 26.7 Å². The third kappa shape index (κ3) is 3.19. The molecule has 0 amide bonds. The van der Waals surface area contributed by atoms with Crippen molar-refractivity contribution in [3.8, 4) is 0 Å². The molecule has 2 aromatic heterocycles. The van der Waals surface area contributed by atoms with Crippen LogP contribution in [0, 0.1) is 0 Å². The van der Waals surface area contributed by atoms with Crippen LogP contribution in [-0.2, 0) is 4.74 Å². The lowest BCUT2D eigenvalue weighted by molar-refractivity contribution is -0.0703. The number of para-hydroxylation sites is 1. The van der Waals surface area contributed by atoms with Crippen LogP contribution in [0.4, 0.5) is 0 Å². The lowest BCUT2D eigenvalue weighted by Crippen LogP contribution is -2.50. The van der Waals surface area contributed by atoms with Crippen LogP contribution >= 0.6 is 0 Å². The number of fused-ring (bicyclic) bond motifs is 1. The van der Waals surface area contributed by atoms with Crippen LogP contribution in [-0.4, -0.2) is 58.5 Å². The number of aromatic nitrogens is 2. The molecule has 0 saturated carbocycles. The van der Waals surface area contributed by atoms with Gasteiger partial charge >= 0.3 is 0 Å². The predicted octanol–water partition coefficient (Wildman–Crippen LogP) is 2.83. The van der Waals surface area contributed by atoms with Gasteiger partial charge in [0.1, 0.15) is 23.8 Å². The summed E-state index contributed by atoms with van der Waals surface area (Å²) in [5.41, 5.74) is 2.57. The number of hydrogen-bond acceptors (Lipinski definition) is 7. The monoisotopic (exact) mass is 375 g/mol. The molecule has 7 heteroatoms. The minimum absolute atomic E-state index is 0.106. The number of rotatable bonds is 3. The number of aliphatic imine (C=N–C) groups is 1. The lowest BCUT2D eigenvalue weighted by atomic mass is 10.2. The van der Waals surface area contributed by atoms with Gasteiger partial charge in [0.15, 0.2) is 6.29 Å². The van der Waals surface area contributed by atoms with E-state index in [4.69, 9.17) is 14.1 Å². The van der Waals surface area contributed by atoms with E-state index in [1.165, 1.54) is 0 Å². The summed E-state index contributed by atoms with van der Waals surface area (Å²) in [4.78, 5) is 17.7. The molecule has 5 rings (SSSR count). The number of nitrogens with zero attached hydrogens (tertiary/aromatic N) is 5. The molecule has 1 unspecified atom stereocenters. The van der Waals surface area contributed by atoms with Crippen molar-refractivity contribution >= 4 is 16.7 Å². The second kappa shape index (κ2) is 7.18. The van der Waals surface area contributed by atoms with Crippen LogP contribution in [0.25, 0.3) is 11.0 Å². The minimum atomic E-state index is -0.113. The first-order valence-corrected chi connectivity index (χ1v) is 9.36. The van der Waals surface area contributed by atoms with Crippen LogP contribution in [0.1, 0.15) is 17.6 Å². The summed E-state index contributed by atoms with van der Waals surface area (Å²) in [5, 5.41) is 1.10. The fourth-order valence-corrected chi connectivity index (χ4v) is 3.67. The van der Waals surface area contributed by atoms with Gasteiger partial charge in [0.25, 0.3) is 0 Å². The van der Waals surface area contributed by atoms with Gasteiger partial charge in [-0.15, -0.1) is 0 Å². The second-order valence-corrected chi connectivity index (χ2v) is 6.98. The molecule has 0 spiro atoms. The summed E-state index contributed by atoms with van der Waals surface area (Å²) in [7, 11) is 2.03. The van der Waals surface area contributed by atoms with Crippen LogP contribution < -0.4 is 0 Å². The summed E-state index contributed by atoms with van der Waals surface area (Å²) in [6.07, 6.45) is 7.09. The Morgan fingerprint density at radius 3 is 2.96 bits per heavy atom. The molecule has 0 radical (unpaired) electrons. The van der Waals surface area contributed by atoms with Gasteiger partial charge in [-0.2, -0.15) is 0 Å². The molecule has 0 N–H and O–H groups in total. The topological polar surface area (TPSA) is 67.0 Å². The van der Waals surface area contributed by atoms with Crippen molar-refractivity contribution in [1.29, 1.82) is 0 Å². The van der Waals surface area contributed by atoms with E-state index in [1.54, 1.807) is 12.5 Å². The third-order valence-electron chi connectivity index (χ3n) is 5.12. The van der Waals surface area contributed by atoms with E-state index in [-0.39, 0.29) is 12.4 Å². The van der Waals surface area contributed by atoms with Crippen molar-refractivity contribution in [2.45, 2.75) is 12.4 Å². The average Bonchev–Trinajstić information content (AvgIpc) is 3.19. The zero-order valence-corrected chi connectivity index (χ0v) is 15.6. The zero-order chi connectivity index (χ0) is 18.9. The summed E-state index contributed by atoms with van der Waals surface area (Å²) in [5.74, 6) is 0.861. The highest BCUT2D eigenvalue weighted by molar-refractivity contribution is 6.07. The van der Waals surface area contributed by atoms with Gasteiger partial charge in [-0.05, 0) is 24.3 Å². The molecule has 1 aromatic carbocycles. The quantitative estimate of drug-likeness (QED) is 0.701. The largest absolute Gasteiger partial charge is 0.458 e. The van der Waals surface area contributed by atoms with E-state index in [0.29, 0.717) is 13.2 Å². The highest BCUT2D eigenvalue weighted by Crippen LogP contribution is 2.30. The standard InChI is InChI=1S/C21H21N5O2/c1-25-9-7-17(16-6-8-22-14-23-16)24-21(25)26-10-11-27-20(13-26)19-12-15-4-2-3-5-18(15)28-19/h2-9,12,14,20-21H,10-11,13H2,1H3/t20?,21-/m1/s1. The molecule has 28 heavy (non-hydrogen) atoms. The van der Waals surface area contributed by atoms with Gasteiger partial charge in [-0.25, -0.2) is 15.0 Å². The Labute approximate surface area is 163 Å². The summed E-state index contributed by atoms with van der Waals surface area (Å²) in [6.45, 7) is 2.15. The molecule has 3 aromatic rings. The van der Waals surface area contributed by atoms with Crippen molar-refractivity contribution in [1.82, 2.24) is 19.8 Å². The summed E-state index contributed by atoms with van der Waals surface area (Å²) >= 11 is 0. The van der Waals surface area contributed by atoms with Crippen LogP contribution in [0.5, 0.6) is 0 Å². The first kappa shape index (κ1) is 17.1. The van der Waals surface area contributed by atoms with Crippen molar-refractivity contribution in [2.24, 2.45) is 4.99 Å². The number of benzene rings is 1. The summed E-state index contributed by atoms with van der Waals surface area (Å²) < 4.78 is 12.0. The Hall–Kier alpha value is -3.03. The van der Waals surface area contributed by atoms with Crippen molar-refractivity contribution in [3.05, 3.63) is 72.7 Å². The lowest BCUT2D eigenvalue weighted by Gasteiger charge is -2.40. The Morgan fingerprint density at radius 1 is 1.18 bits per heavy atom. The Morgan fingerprint density at radius 2 is 2.11 bits per heavy atom. The SMILES string of the molecule is CN1C=CC(c2ccncn2)=N[C@H]1N1CCOC(c2cc3ccccc3o2)C1. The van der Waals surface area contributed by atoms with E-state index in [0.717, 1.165) is 34.7 Å². The molecule has 0 aliphatic carbocycles. The van der Waals surface area contributed by atoms with Gasteiger partial charge in [-0.1, -0.05) is 18.2 Å². The highest BCUT2D eigenvalue weighted by Gasteiger charge is 2.31. The van der Waals surface area contributed by atoms with Gasteiger partial charge in [0, 0.05) is 37.9 Å². The number of furan rings is 1. The van der Waals surface area contributed by atoms with E-state index in [2.05, 4.69) is 31.9 Å². The van der Waals surface area contributed by atoms with Gasteiger partial charge in [0.05, 0.1) is 18.0 Å². The van der Waals surface area contributed by atoms with Crippen molar-refractivity contribution in [3.63, 3.8) is 0 Å². The Bertz CT molecular complexity index is 996. The van der Waals surface area contributed by atoms with Crippen LogP contribution in [0.15, 0.2) is 70.6 Å². The van der Waals surface area contributed by atoms with Crippen LogP contribution in [0.2, 0.25) is 0 Å². The molecule has 0 bridgehead atoms. The fraction of sp³-hybridized carbons (Fsp3) is 0.286. The smallest absolute Gasteiger partial charge is 0.178 e. The van der Waals surface area contributed by atoms with E-state index in [1.807, 2.05) is 43.6 Å². The van der Waals surface area contributed by atoms with E-state index < -0.39 is 0 Å². The van der Waals surface area contributed by atoms with Crippen LogP contribution in [0.3, 0.4) is 0 Å². The number of allylic oxidation sites excluding steroid dienone is 1. The van der Waals surface area contributed by atoms with Gasteiger partial charge in [-0.3, -0.25) is 4.90 Å². The van der Waals surface area contributed by atoms with E-state index in [9.17, 15) is 0 Å². The number of hydrogen-bond donors (Lipinski definition) is 0. The first-order chi connectivity index (χ1) is 13.8. The third-order valence-corrected chi connectivity index (χ3v) is 5.12. The molecular weight excluding hydrogens is 354 g/mol. The maximum absolute atomic E-state index is 6.03. The van der Waals surface area contributed by atoms with E-state index >= 15 is 0 Å². The molecule has 1 saturated heterocycles. The first-order valence-electron chi connectivity index (χ1n) is 9.36. The predicted molar refractivity (Wildman–Crippen MR) is 106 cm³/mol. The maximum atomic E-state index is 6.03. The molecule has 1 fully saturated rings. The molecule has 2 aliphatic rings. The maximum Gasteiger partial charge on any atom is 0.178 e. The molecule has 2 aliphatic heterocycles. The highest BCUT2D eigenvalue weighted by atomic mass is 16.5. The summed E-state index contributed by atoms with van der Waals surface area (Å²) in [6, 6.07) is 12.0. The number of morpholine rings is 1. The second-order valence-electron chi connectivity index (χ2n) is 6.98. The number of ether oxygens (including phenoxy) is 1. The van der Waals surface area contributed by atoms with Gasteiger partial charge in [0.2, 0.25) is 0 Å². The molecule has 4 heterocycles. The Balaban J connectivity index is 1.39. The zero-order valence-electron chi connectivity index (χ0n) is 15.6. The molecular formula is C21H21N5O2.